The summed E-state index contributed by atoms with van der Waals surface area (Å²) < 4.78 is 12.6. The zero-order valence-electron chi connectivity index (χ0n) is 26.1. The monoisotopic (exact) mass is 640 g/mol. The first-order chi connectivity index (χ1) is 22.0. The Hall–Kier alpha value is -4.82. The van der Waals surface area contributed by atoms with Crippen molar-refractivity contribution in [2.45, 2.75) is 65.0 Å². The van der Waals surface area contributed by atoms with E-state index in [2.05, 4.69) is 10.6 Å². The van der Waals surface area contributed by atoms with Crippen LogP contribution >= 0.6 is 11.6 Å². The Morgan fingerprint density at radius 2 is 1.48 bits per heavy atom. The smallest absolute Gasteiger partial charge is 0.337 e. The number of carbonyl (C=O) groups is 3. The van der Waals surface area contributed by atoms with E-state index in [4.69, 9.17) is 21.1 Å². The number of nitrogens with one attached hydrogen (secondary N) is 2. The highest BCUT2D eigenvalue weighted by atomic mass is 35.5. The number of rotatable bonds is 10. The first-order valence-corrected chi connectivity index (χ1v) is 15.7. The van der Waals surface area contributed by atoms with Gasteiger partial charge in [0.2, 0.25) is 5.91 Å². The molecule has 2 amide bonds. The molecule has 0 bridgehead atoms. The zero-order chi connectivity index (χ0) is 32.8. The number of halogens is 1. The standard InChI is InChI=1S/C37H37ClN2O6/c1-22-4-17-32(31(20-22)37(43)44)40-35(41)21-25-5-13-29(14-6-25)45-33-18-19-34(24(3)23(33)2)46-30-15-11-28(12-16-30)39-36(42)26-7-9-27(38)10-8-26/h4-10,13-14,17-20,28,30H,11-12,15-16,21H2,1-3H3,(H,39,42)(H,40,41)(H,43,44). The van der Waals surface area contributed by atoms with Crippen molar-refractivity contribution in [3.8, 4) is 17.2 Å². The molecule has 0 atom stereocenters. The predicted molar refractivity (Wildman–Crippen MR) is 178 cm³/mol. The molecular formula is C37H37ClN2O6. The Balaban J connectivity index is 1.12. The molecule has 46 heavy (non-hydrogen) atoms. The Labute approximate surface area is 273 Å². The van der Waals surface area contributed by atoms with Gasteiger partial charge in [-0.25, -0.2) is 4.79 Å². The Bertz CT molecular complexity index is 1730. The third-order valence-electron chi connectivity index (χ3n) is 8.29. The van der Waals surface area contributed by atoms with Crippen LogP contribution in [0.1, 0.15) is 68.7 Å². The number of aromatic carboxylic acids is 1. The van der Waals surface area contributed by atoms with E-state index >= 15 is 0 Å². The van der Waals surface area contributed by atoms with E-state index in [0.29, 0.717) is 22.1 Å². The number of carboxylic acids is 1. The predicted octanol–water partition coefficient (Wildman–Crippen LogP) is 8.06. The summed E-state index contributed by atoms with van der Waals surface area (Å²) in [5.41, 5.74) is 4.47. The molecule has 1 saturated carbocycles. The molecule has 4 aromatic rings. The van der Waals surface area contributed by atoms with Crippen LogP contribution in [0, 0.1) is 20.8 Å². The molecule has 8 nitrogen and oxygen atoms in total. The van der Waals surface area contributed by atoms with E-state index in [1.165, 1.54) is 6.07 Å². The van der Waals surface area contributed by atoms with Gasteiger partial charge in [0.25, 0.3) is 5.91 Å². The van der Waals surface area contributed by atoms with E-state index in [-0.39, 0.29) is 41.6 Å². The van der Waals surface area contributed by atoms with Crippen molar-refractivity contribution in [1.82, 2.24) is 5.32 Å². The number of anilines is 1. The molecule has 0 heterocycles. The van der Waals surface area contributed by atoms with Crippen LogP contribution < -0.4 is 20.1 Å². The molecule has 0 radical (unpaired) electrons. The molecule has 1 fully saturated rings. The third kappa shape index (κ3) is 8.25. The molecule has 0 unspecified atom stereocenters. The van der Waals surface area contributed by atoms with Crippen LogP contribution in [0.5, 0.6) is 17.2 Å². The minimum Gasteiger partial charge on any atom is -0.490 e. The van der Waals surface area contributed by atoms with Gasteiger partial charge in [-0.3, -0.25) is 9.59 Å². The molecule has 1 aliphatic rings. The maximum Gasteiger partial charge on any atom is 0.337 e. The van der Waals surface area contributed by atoms with Gasteiger partial charge >= 0.3 is 5.97 Å². The number of amides is 2. The molecule has 5 rings (SSSR count). The third-order valence-corrected chi connectivity index (χ3v) is 8.54. The molecule has 0 saturated heterocycles. The van der Waals surface area contributed by atoms with E-state index in [1.807, 2.05) is 38.1 Å². The molecule has 9 heteroatoms. The topological polar surface area (TPSA) is 114 Å². The van der Waals surface area contributed by atoms with Crippen molar-refractivity contribution < 1.29 is 29.0 Å². The molecule has 1 aliphatic carbocycles. The van der Waals surface area contributed by atoms with Gasteiger partial charge in [0.05, 0.1) is 23.8 Å². The highest BCUT2D eigenvalue weighted by molar-refractivity contribution is 6.30. The maximum absolute atomic E-state index is 12.6. The largest absolute Gasteiger partial charge is 0.490 e. The summed E-state index contributed by atoms with van der Waals surface area (Å²) in [6, 6.07) is 23.0. The van der Waals surface area contributed by atoms with Crippen molar-refractivity contribution in [2.24, 2.45) is 0 Å². The fourth-order valence-electron chi connectivity index (χ4n) is 5.51. The van der Waals surface area contributed by atoms with Crippen molar-refractivity contribution >= 4 is 35.1 Å². The van der Waals surface area contributed by atoms with Crippen molar-refractivity contribution in [3.05, 3.63) is 117 Å². The second kappa shape index (κ2) is 14.5. The van der Waals surface area contributed by atoms with Gasteiger partial charge in [0.1, 0.15) is 17.2 Å². The average Bonchev–Trinajstić information content (AvgIpc) is 3.03. The normalized spacial score (nSPS) is 15.9. The molecule has 0 aliphatic heterocycles. The number of carbonyl (C=O) groups excluding carboxylic acids is 2. The van der Waals surface area contributed by atoms with E-state index in [9.17, 15) is 19.5 Å². The van der Waals surface area contributed by atoms with Gasteiger partial charge in [-0.1, -0.05) is 35.4 Å². The van der Waals surface area contributed by atoms with Crippen molar-refractivity contribution in [1.29, 1.82) is 0 Å². The number of hydrogen-bond acceptors (Lipinski definition) is 5. The zero-order valence-corrected chi connectivity index (χ0v) is 26.8. The summed E-state index contributed by atoms with van der Waals surface area (Å²) in [6.07, 6.45) is 3.54. The van der Waals surface area contributed by atoms with E-state index in [1.54, 1.807) is 55.5 Å². The summed E-state index contributed by atoms with van der Waals surface area (Å²) in [5, 5.41) is 15.9. The fraction of sp³-hybridized carbons (Fsp3) is 0.270. The van der Waals surface area contributed by atoms with Gasteiger partial charge in [-0.15, -0.1) is 0 Å². The van der Waals surface area contributed by atoms with Crippen LogP contribution in [0.15, 0.2) is 78.9 Å². The van der Waals surface area contributed by atoms with Gasteiger partial charge in [0, 0.05) is 16.6 Å². The highest BCUT2D eigenvalue weighted by Gasteiger charge is 2.25. The highest BCUT2D eigenvalue weighted by Crippen LogP contribution is 2.34. The van der Waals surface area contributed by atoms with E-state index < -0.39 is 5.97 Å². The second-order valence-electron chi connectivity index (χ2n) is 11.7. The van der Waals surface area contributed by atoms with E-state index in [0.717, 1.165) is 53.7 Å². The lowest BCUT2D eigenvalue weighted by atomic mass is 9.92. The molecule has 3 N–H and O–H groups in total. The van der Waals surface area contributed by atoms with Crippen molar-refractivity contribution in [3.63, 3.8) is 0 Å². The average molecular weight is 641 g/mol. The first kappa shape index (κ1) is 32.6. The van der Waals surface area contributed by atoms with Gasteiger partial charge < -0.3 is 25.2 Å². The summed E-state index contributed by atoms with van der Waals surface area (Å²) in [4.78, 5) is 36.8. The van der Waals surface area contributed by atoms with Crippen LogP contribution in [0.25, 0.3) is 0 Å². The van der Waals surface area contributed by atoms with Gasteiger partial charge in [0.15, 0.2) is 0 Å². The molecular weight excluding hydrogens is 604 g/mol. The second-order valence-corrected chi connectivity index (χ2v) is 12.1. The Morgan fingerprint density at radius 3 is 2.15 bits per heavy atom. The molecule has 238 valence electrons. The Kier molecular flexibility index (Phi) is 10.3. The SMILES string of the molecule is Cc1ccc(NC(=O)Cc2ccc(Oc3ccc(OC4CCC(NC(=O)c5ccc(Cl)cc5)CC4)c(C)c3C)cc2)c(C(=O)O)c1. The fourth-order valence-corrected chi connectivity index (χ4v) is 5.64. The maximum atomic E-state index is 12.6. The first-order valence-electron chi connectivity index (χ1n) is 15.3. The van der Waals surface area contributed by atoms with Crippen molar-refractivity contribution in [2.75, 3.05) is 5.32 Å². The molecule has 0 spiro atoms. The lowest BCUT2D eigenvalue weighted by Crippen LogP contribution is -2.39. The minimum absolute atomic E-state index is 0.0581. The van der Waals surface area contributed by atoms with Crippen LogP contribution in [-0.4, -0.2) is 35.0 Å². The quantitative estimate of drug-likeness (QED) is 0.162. The Morgan fingerprint density at radius 1 is 0.826 bits per heavy atom. The summed E-state index contributed by atoms with van der Waals surface area (Å²) in [6.45, 7) is 5.81. The summed E-state index contributed by atoms with van der Waals surface area (Å²) in [5.74, 6) is 0.678. The molecule has 4 aromatic carbocycles. The van der Waals surface area contributed by atoms with Gasteiger partial charge in [-0.2, -0.15) is 0 Å². The minimum atomic E-state index is -1.09. The number of hydrogen-bond donors (Lipinski definition) is 3. The van der Waals surface area contributed by atoms with Crippen LogP contribution in [-0.2, 0) is 11.2 Å². The van der Waals surface area contributed by atoms with Crippen LogP contribution in [0.3, 0.4) is 0 Å². The summed E-state index contributed by atoms with van der Waals surface area (Å²) in [7, 11) is 0. The summed E-state index contributed by atoms with van der Waals surface area (Å²) >= 11 is 5.93. The lowest BCUT2D eigenvalue weighted by molar-refractivity contribution is -0.115. The molecule has 0 aromatic heterocycles. The number of ether oxygens (including phenoxy) is 2. The van der Waals surface area contributed by atoms with Crippen LogP contribution in [0.4, 0.5) is 5.69 Å². The van der Waals surface area contributed by atoms with Gasteiger partial charge in [-0.05, 0) is 124 Å². The van der Waals surface area contributed by atoms with Crippen LogP contribution in [0.2, 0.25) is 5.02 Å². The number of aryl methyl sites for hydroxylation is 1. The lowest BCUT2D eigenvalue weighted by Gasteiger charge is -2.30. The number of carboxylic acid groups (broad SMARTS) is 1. The number of benzene rings is 4.